The maximum atomic E-state index is 14.3. The molecule has 4 aliphatic rings. The molecular weight excluding hydrogens is 760 g/mol. The number of carbonyl (C=O) groups excluding carboxylic acids is 2. The van der Waals surface area contributed by atoms with Crippen molar-refractivity contribution in [2.45, 2.75) is 86.7 Å². The number of piperidine rings is 1. The number of aromatic nitrogens is 2. The van der Waals surface area contributed by atoms with Crippen molar-refractivity contribution in [1.29, 1.82) is 0 Å². The number of halogens is 6. The summed E-state index contributed by atoms with van der Waals surface area (Å²) in [6.07, 6.45) is -3.39. The zero-order chi connectivity index (χ0) is 39.2. The van der Waals surface area contributed by atoms with Gasteiger partial charge in [-0.1, -0.05) is 23.7 Å². The number of hydrogen-bond donors (Lipinski definition) is 0. The molecule has 1 saturated carbocycles. The minimum atomic E-state index is -5.11. The highest BCUT2D eigenvalue weighted by molar-refractivity contribution is 7.91. The molecule has 55 heavy (non-hydrogen) atoms. The fourth-order valence-corrected chi connectivity index (χ4v) is 9.12. The summed E-state index contributed by atoms with van der Waals surface area (Å²) in [5.41, 5.74) is -2.64. The van der Waals surface area contributed by atoms with Gasteiger partial charge in [-0.3, -0.25) is 9.69 Å². The number of rotatable bonds is 11. The number of likely N-dealkylation sites (tertiary alicyclic amines) is 1. The van der Waals surface area contributed by atoms with Gasteiger partial charge in [0.1, 0.15) is 28.5 Å². The van der Waals surface area contributed by atoms with Crippen LogP contribution >= 0.6 is 0 Å². The van der Waals surface area contributed by atoms with Gasteiger partial charge in [0.15, 0.2) is 15.6 Å². The van der Waals surface area contributed by atoms with E-state index in [2.05, 4.69) is 15.0 Å². The molecule has 1 spiro atoms. The van der Waals surface area contributed by atoms with Gasteiger partial charge in [-0.15, -0.1) is 0 Å². The lowest BCUT2D eigenvalue weighted by Crippen LogP contribution is -2.58. The normalized spacial score (nSPS) is 20.4. The van der Waals surface area contributed by atoms with Crippen molar-refractivity contribution in [3.63, 3.8) is 0 Å². The molecule has 0 N–H and O–H groups in total. The average Bonchev–Trinajstić information content (AvgIpc) is 3.64. The second kappa shape index (κ2) is 15.0. The van der Waals surface area contributed by atoms with Crippen molar-refractivity contribution >= 4 is 21.8 Å². The van der Waals surface area contributed by atoms with Gasteiger partial charge in [-0.2, -0.15) is 31.3 Å². The van der Waals surface area contributed by atoms with Gasteiger partial charge in [-0.05, 0) is 81.2 Å². The monoisotopic (exact) mass is 799 g/mol. The van der Waals surface area contributed by atoms with Gasteiger partial charge in [0.25, 0.3) is 5.91 Å². The third-order valence-corrected chi connectivity index (χ3v) is 12.7. The topological polar surface area (TPSA) is 135 Å². The van der Waals surface area contributed by atoms with Crippen LogP contribution in [0.5, 0.6) is 11.5 Å². The molecule has 3 saturated heterocycles. The molecule has 2 aromatic carbocycles. The lowest BCUT2D eigenvalue weighted by atomic mass is 9.82. The van der Waals surface area contributed by atoms with Gasteiger partial charge in [-0.25, -0.2) is 13.2 Å². The van der Waals surface area contributed by atoms with E-state index in [1.54, 1.807) is 4.90 Å². The first-order valence-electron chi connectivity index (χ1n) is 18.1. The quantitative estimate of drug-likeness (QED) is 0.150. The van der Waals surface area contributed by atoms with Crippen molar-refractivity contribution in [3.8, 4) is 22.9 Å². The summed E-state index contributed by atoms with van der Waals surface area (Å²) in [6.45, 7) is 2.63. The van der Waals surface area contributed by atoms with Crippen LogP contribution < -0.4 is 4.74 Å². The number of imide groups is 1. The highest BCUT2D eigenvalue weighted by Gasteiger charge is 2.58. The van der Waals surface area contributed by atoms with Crippen LogP contribution in [0, 0.1) is 5.92 Å². The predicted molar refractivity (Wildman–Crippen MR) is 181 cm³/mol. The lowest BCUT2D eigenvalue weighted by molar-refractivity contribution is -0.138. The predicted octanol–water partition coefficient (Wildman–Crippen LogP) is 6.85. The molecule has 0 unspecified atom stereocenters. The van der Waals surface area contributed by atoms with Crippen molar-refractivity contribution in [3.05, 3.63) is 53.9 Å². The molecule has 0 radical (unpaired) electrons. The fourth-order valence-electron chi connectivity index (χ4n) is 7.83. The van der Waals surface area contributed by atoms with Crippen LogP contribution in [0.3, 0.4) is 0 Å². The van der Waals surface area contributed by atoms with Crippen molar-refractivity contribution in [2.24, 2.45) is 5.92 Å². The number of para-hydroxylation sites is 1. The van der Waals surface area contributed by atoms with Gasteiger partial charge in [0.2, 0.25) is 11.7 Å². The Balaban J connectivity index is 1.11. The number of ether oxygens (including phenoxy) is 2. The zero-order valence-electron chi connectivity index (χ0n) is 29.6. The maximum absolute atomic E-state index is 14.3. The second-order valence-corrected chi connectivity index (χ2v) is 16.4. The number of amides is 3. The van der Waals surface area contributed by atoms with Crippen LogP contribution in [-0.4, -0.2) is 102 Å². The Hall–Kier alpha value is -4.23. The first kappa shape index (κ1) is 39.0. The summed E-state index contributed by atoms with van der Waals surface area (Å²) in [7, 11) is -5.03. The first-order chi connectivity index (χ1) is 26.0. The Morgan fingerprint density at radius 2 is 1.64 bits per heavy atom. The standard InChI is InChI=1S/C36H39F6N5O7S/c37-35(38,39)22-55(50,51)29-7-2-1-6-28(29)53-27-9-8-24(20-26(27)36(40,41)42)31-43-30(54-44-31)21-46-32(48)34(13-16-45(17-14-34)25-4-3-5-25)47(33(46)49)15-10-23-11-18-52-19-12-23/h1-2,6-9,20,23,25H,3-5,10-19,21-22H2. The third kappa shape index (κ3) is 8.19. The van der Waals surface area contributed by atoms with Crippen LogP contribution in [0.2, 0.25) is 0 Å². The summed E-state index contributed by atoms with van der Waals surface area (Å²) in [5.74, 6) is -4.39. The van der Waals surface area contributed by atoms with Crippen LogP contribution in [0.15, 0.2) is 51.9 Å². The van der Waals surface area contributed by atoms with Gasteiger partial charge >= 0.3 is 18.4 Å². The molecular formula is C36H39F6N5O7S. The molecule has 4 fully saturated rings. The number of alkyl halides is 6. The maximum Gasteiger partial charge on any atom is 0.420 e. The Morgan fingerprint density at radius 3 is 2.29 bits per heavy atom. The number of hydrogen-bond acceptors (Lipinski definition) is 10. The molecule has 0 atom stereocenters. The summed E-state index contributed by atoms with van der Waals surface area (Å²) >= 11 is 0. The SMILES string of the molecule is O=C1N(Cc2nc(-c3ccc(Oc4ccccc4S(=O)(=O)CC(F)(F)F)c(C(F)(F)F)c3)no2)C(=O)C2(CCN(C3CCC3)CC2)N1CCC1CCOCC1. The van der Waals surface area contributed by atoms with Crippen molar-refractivity contribution in [1.82, 2.24) is 24.8 Å². The minimum absolute atomic E-state index is 0.192. The summed E-state index contributed by atoms with van der Waals surface area (Å²) in [5, 5.41) is 3.80. The van der Waals surface area contributed by atoms with Crippen molar-refractivity contribution < 1.29 is 58.3 Å². The lowest BCUT2D eigenvalue weighted by Gasteiger charge is -2.47. The second-order valence-electron chi connectivity index (χ2n) is 14.5. The summed E-state index contributed by atoms with van der Waals surface area (Å²) < 4.78 is 123. The molecule has 3 aromatic rings. The van der Waals surface area contributed by atoms with E-state index < -0.39 is 68.0 Å². The highest BCUT2D eigenvalue weighted by atomic mass is 32.2. The largest absolute Gasteiger partial charge is 0.455 e. The number of benzene rings is 2. The third-order valence-electron chi connectivity index (χ3n) is 11.0. The molecule has 0 bridgehead atoms. The number of urea groups is 1. The van der Waals surface area contributed by atoms with E-state index in [9.17, 15) is 44.3 Å². The van der Waals surface area contributed by atoms with Gasteiger partial charge in [0, 0.05) is 44.5 Å². The molecule has 3 amide bonds. The highest BCUT2D eigenvalue weighted by Crippen LogP contribution is 2.43. The molecule has 4 heterocycles. The molecule has 19 heteroatoms. The van der Waals surface area contributed by atoms with E-state index in [1.165, 1.54) is 12.5 Å². The minimum Gasteiger partial charge on any atom is -0.455 e. The van der Waals surface area contributed by atoms with E-state index in [0.29, 0.717) is 70.1 Å². The Morgan fingerprint density at radius 1 is 0.927 bits per heavy atom. The van der Waals surface area contributed by atoms with Crippen LogP contribution in [0.1, 0.15) is 62.8 Å². The van der Waals surface area contributed by atoms with E-state index in [0.717, 1.165) is 60.9 Å². The smallest absolute Gasteiger partial charge is 0.420 e. The zero-order valence-corrected chi connectivity index (χ0v) is 30.4. The number of sulfone groups is 1. The first-order valence-corrected chi connectivity index (χ1v) is 19.8. The summed E-state index contributed by atoms with van der Waals surface area (Å²) in [4.78, 5) is 36.6. The van der Waals surface area contributed by atoms with E-state index >= 15 is 0 Å². The van der Waals surface area contributed by atoms with Gasteiger partial charge in [0.05, 0.1) is 5.56 Å². The van der Waals surface area contributed by atoms with Crippen LogP contribution in [-0.2, 0) is 32.1 Å². The van der Waals surface area contributed by atoms with E-state index in [4.69, 9.17) is 14.0 Å². The Bertz CT molecular complexity index is 2010. The molecule has 3 aliphatic heterocycles. The van der Waals surface area contributed by atoms with E-state index in [1.807, 2.05) is 0 Å². The Labute approximate surface area is 312 Å². The Kier molecular flexibility index (Phi) is 10.7. The molecule has 7 rings (SSSR count). The molecule has 12 nitrogen and oxygen atoms in total. The summed E-state index contributed by atoms with van der Waals surface area (Å²) in [6, 6.07) is 6.65. The molecule has 1 aliphatic carbocycles. The number of carbonyl (C=O) groups is 2. The van der Waals surface area contributed by atoms with Crippen molar-refractivity contribution in [2.75, 3.05) is 38.6 Å². The van der Waals surface area contributed by atoms with E-state index in [-0.39, 0.29) is 23.2 Å². The molecule has 298 valence electrons. The number of nitrogens with zero attached hydrogens (tertiary/aromatic N) is 5. The fraction of sp³-hybridized carbons (Fsp3) is 0.556. The average molecular weight is 800 g/mol. The van der Waals surface area contributed by atoms with Gasteiger partial charge < -0.3 is 23.8 Å². The molecule has 1 aromatic heterocycles. The van der Waals surface area contributed by atoms with Crippen LogP contribution in [0.25, 0.3) is 11.4 Å². The van der Waals surface area contributed by atoms with Crippen LogP contribution in [0.4, 0.5) is 31.1 Å².